The summed E-state index contributed by atoms with van der Waals surface area (Å²) >= 11 is 5.85. The number of amides is 1. The van der Waals surface area contributed by atoms with Crippen molar-refractivity contribution in [3.63, 3.8) is 0 Å². The van der Waals surface area contributed by atoms with Crippen LogP contribution in [0.5, 0.6) is 0 Å². The minimum absolute atomic E-state index is 0.0477. The molecule has 0 aliphatic heterocycles. The van der Waals surface area contributed by atoms with Gasteiger partial charge in [0.25, 0.3) is 6.43 Å². The molecule has 4 nitrogen and oxygen atoms in total. The smallest absolute Gasteiger partial charge is 0.251 e. The third kappa shape index (κ3) is 7.94. The number of nitrogens with one attached hydrogen (secondary N) is 1. The van der Waals surface area contributed by atoms with E-state index >= 15 is 0 Å². The Morgan fingerprint density at radius 2 is 2.19 bits per heavy atom. The van der Waals surface area contributed by atoms with Gasteiger partial charge in [0.05, 0.1) is 19.7 Å². The van der Waals surface area contributed by atoms with Crippen molar-refractivity contribution in [3.05, 3.63) is 34.9 Å². The van der Waals surface area contributed by atoms with Crippen LogP contribution < -0.4 is 5.32 Å². The van der Waals surface area contributed by atoms with Gasteiger partial charge in [0.2, 0.25) is 5.91 Å². The molecule has 0 aliphatic rings. The molecule has 7 heteroatoms. The van der Waals surface area contributed by atoms with E-state index in [4.69, 9.17) is 16.7 Å². The van der Waals surface area contributed by atoms with E-state index in [-0.39, 0.29) is 25.6 Å². The lowest BCUT2D eigenvalue weighted by Crippen LogP contribution is -2.41. The first kappa shape index (κ1) is 17.8. The first-order valence-electron chi connectivity index (χ1n) is 6.63. The topological polar surface area (TPSA) is 52.6 Å². The molecule has 1 aromatic carbocycles. The maximum absolute atomic E-state index is 12.3. The van der Waals surface area contributed by atoms with Gasteiger partial charge in [-0.2, -0.15) is 0 Å². The highest BCUT2D eigenvalue weighted by Crippen LogP contribution is 2.10. The van der Waals surface area contributed by atoms with Crippen molar-refractivity contribution in [3.8, 4) is 0 Å². The van der Waals surface area contributed by atoms with Crippen molar-refractivity contribution >= 4 is 17.5 Å². The van der Waals surface area contributed by atoms with E-state index in [9.17, 15) is 13.6 Å². The average Bonchev–Trinajstić information content (AvgIpc) is 2.38. The minimum Gasteiger partial charge on any atom is -0.395 e. The van der Waals surface area contributed by atoms with Crippen LogP contribution in [0.2, 0.25) is 5.02 Å². The molecule has 0 heterocycles. The molecule has 1 aromatic rings. The second kappa shape index (κ2) is 9.65. The maximum Gasteiger partial charge on any atom is 0.251 e. The third-order valence-electron chi connectivity index (χ3n) is 2.80. The van der Waals surface area contributed by atoms with Crippen molar-refractivity contribution in [2.75, 3.05) is 32.8 Å². The van der Waals surface area contributed by atoms with E-state index < -0.39 is 13.0 Å². The Morgan fingerprint density at radius 3 is 2.81 bits per heavy atom. The van der Waals surface area contributed by atoms with E-state index in [1.807, 2.05) is 18.2 Å². The number of alkyl halides is 2. The second-order valence-corrected chi connectivity index (χ2v) is 5.02. The highest BCUT2D eigenvalue weighted by Gasteiger charge is 2.14. The van der Waals surface area contributed by atoms with E-state index in [2.05, 4.69) is 5.32 Å². The zero-order valence-electron chi connectivity index (χ0n) is 11.6. The van der Waals surface area contributed by atoms with E-state index in [0.29, 0.717) is 18.0 Å². The number of rotatable bonds is 9. The second-order valence-electron chi connectivity index (χ2n) is 4.58. The Morgan fingerprint density at radius 1 is 1.43 bits per heavy atom. The lowest BCUT2D eigenvalue weighted by Gasteiger charge is -2.20. The van der Waals surface area contributed by atoms with Gasteiger partial charge in [-0.25, -0.2) is 8.78 Å². The van der Waals surface area contributed by atoms with Crippen molar-refractivity contribution in [2.45, 2.75) is 12.8 Å². The maximum atomic E-state index is 12.3. The van der Waals surface area contributed by atoms with Gasteiger partial charge >= 0.3 is 0 Å². The fourth-order valence-electron chi connectivity index (χ4n) is 1.87. The Balaban J connectivity index is 2.32. The number of carbonyl (C=O) groups is 1. The fraction of sp³-hybridized carbons (Fsp3) is 0.500. The SMILES string of the molecule is O=C(CN(CCO)CC(F)F)NCCc1cccc(Cl)c1. The van der Waals surface area contributed by atoms with E-state index in [1.54, 1.807) is 6.07 Å². The number of aliphatic hydroxyl groups excluding tert-OH is 1. The average molecular weight is 321 g/mol. The molecule has 0 bridgehead atoms. The Kier molecular flexibility index (Phi) is 8.19. The Hall–Kier alpha value is -1.24. The fourth-order valence-corrected chi connectivity index (χ4v) is 2.08. The van der Waals surface area contributed by atoms with Crippen LogP contribution >= 0.6 is 11.6 Å². The Labute approximate surface area is 127 Å². The molecule has 0 radical (unpaired) electrons. The molecule has 0 fully saturated rings. The molecule has 2 N–H and O–H groups in total. The number of hydrogen-bond acceptors (Lipinski definition) is 3. The summed E-state index contributed by atoms with van der Waals surface area (Å²) in [7, 11) is 0. The molecular weight excluding hydrogens is 302 g/mol. The summed E-state index contributed by atoms with van der Waals surface area (Å²) in [5, 5.41) is 12.1. The number of hydrogen-bond donors (Lipinski definition) is 2. The summed E-state index contributed by atoms with van der Waals surface area (Å²) in [6.45, 7) is -0.488. The summed E-state index contributed by atoms with van der Waals surface area (Å²) < 4.78 is 24.6. The van der Waals surface area contributed by atoms with Crippen molar-refractivity contribution in [1.82, 2.24) is 10.2 Å². The molecule has 0 saturated heterocycles. The van der Waals surface area contributed by atoms with E-state index in [1.165, 1.54) is 4.90 Å². The van der Waals surface area contributed by atoms with Gasteiger partial charge in [-0.05, 0) is 24.1 Å². The molecule has 0 aliphatic carbocycles. The quantitative estimate of drug-likeness (QED) is 0.726. The number of carbonyl (C=O) groups excluding carboxylic acids is 1. The van der Waals surface area contributed by atoms with Gasteiger partial charge in [0, 0.05) is 18.1 Å². The third-order valence-corrected chi connectivity index (χ3v) is 3.04. The molecule has 1 rings (SSSR count). The largest absolute Gasteiger partial charge is 0.395 e. The molecule has 0 spiro atoms. The van der Waals surface area contributed by atoms with Gasteiger partial charge in [-0.1, -0.05) is 23.7 Å². The van der Waals surface area contributed by atoms with Crippen LogP contribution in [0.3, 0.4) is 0 Å². The molecular formula is C14H19ClF2N2O2. The van der Waals surface area contributed by atoms with Crippen LogP contribution in [0.15, 0.2) is 24.3 Å². The zero-order chi connectivity index (χ0) is 15.7. The normalized spacial score (nSPS) is 11.1. The summed E-state index contributed by atoms with van der Waals surface area (Å²) in [4.78, 5) is 12.9. The van der Waals surface area contributed by atoms with Crippen molar-refractivity contribution in [2.24, 2.45) is 0 Å². The lowest BCUT2D eigenvalue weighted by molar-refractivity contribution is -0.122. The van der Waals surface area contributed by atoms with E-state index in [0.717, 1.165) is 5.56 Å². The zero-order valence-corrected chi connectivity index (χ0v) is 12.3. The number of nitrogens with zero attached hydrogens (tertiary/aromatic N) is 1. The molecule has 0 unspecified atom stereocenters. The van der Waals surface area contributed by atoms with Gasteiger partial charge < -0.3 is 10.4 Å². The highest BCUT2D eigenvalue weighted by atomic mass is 35.5. The van der Waals surface area contributed by atoms with Gasteiger partial charge in [-0.15, -0.1) is 0 Å². The predicted molar refractivity (Wildman–Crippen MR) is 77.7 cm³/mol. The van der Waals surface area contributed by atoms with Gasteiger partial charge in [0.1, 0.15) is 0 Å². The van der Waals surface area contributed by atoms with Crippen LogP contribution in [0.25, 0.3) is 0 Å². The predicted octanol–water partition coefficient (Wildman–Crippen LogP) is 1.56. The number of halogens is 3. The van der Waals surface area contributed by atoms with Crippen molar-refractivity contribution < 1.29 is 18.7 Å². The molecule has 0 atom stereocenters. The first-order valence-corrected chi connectivity index (χ1v) is 7.01. The summed E-state index contributed by atoms with van der Waals surface area (Å²) in [5.41, 5.74) is 0.989. The molecule has 1 amide bonds. The van der Waals surface area contributed by atoms with Crippen LogP contribution in [-0.2, 0) is 11.2 Å². The van der Waals surface area contributed by atoms with Crippen LogP contribution in [0.1, 0.15) is 5.56 Å². The standard InChI is InChI=1S/C14H19ClF2N2O2/c15-12-3-1-2-11(8-12)4-5-18-14(21)10-19(6-7-20)9-13(16)17/h1-3,8,13,20H,4-7,9-10H2,(H,18,21). The summed E-state index contributed by atoms with van der Waals surface area (Å²) in [5.74, 6) is -0.342. The Bertz CT molecular complexity index is 447. The van der Waals surface area contributed by atoms with Crippen LogP contribution in [0, 0.1) is 0 Å². The van der Waals surface area contributed by atoms with Gasteiger partial charge in [0.15, 0.2) is 0 Å². The molecule has 0 aromatic heterocycles. The number of benzene rings is 1. The van der Waals surface area contributed by atoms with Crippen molar-refractivity contribution in [1.29, 1.82) is 0 Å². The molecule has 21 heavy (non-hydrogen) atoms. The van der Waals surface area contributed by atoms with Crippen LogP contribution in [0.4, 0.5) is 8.78 Å². The lowest BCUT2D eigenvalue weighted by atomic mass is 10.1. The monoisotopic (exact) mass is 320 g/mol. The first-order chi connectivity index (χ1) is 10.0. The molecule has 0 saturated carbocycles. The summed E-state index contributed by atoms with van der Waals surface area (Å²) in [6.07, 6.45) is -1.92. The highest BCUT2D eigenvalue weighted by molar-refractivity contribution is 6.30. The summed E-state index contributed by atoms with van der Waals surface area (Å²) in [6, 6.07) is 7.29. The minimum atomic E-state index is -2.53. The number of aliphatic hydroxyl groups is 1. The molecule has 118 valence electrons. The van der Waals surface area contributed by atoms with Crippen LogP contribution in [-0.4, -0.2) is 55.1 Å². The van der Waals surface area contributed by atoms with Gasteiger partial charge in [-0.3, -0.25) is 9.69 Å².